The number of hydrogen-bond donors (Lipinski definition) is 3. The fourth-order valence-corrected chi connectivity index (χ4v) is 7.25. The number of pyridine rings is 1. The van der Waals surface area contributed by atoms with Crippen molar-refractivity contribution in [2.24, 2.45) is 0 Å². The molecule has 1 aliphatic rings. The van der Waals surface area contributed by atoms with Crippen molar-refractivity contribution in [2.75, 3.05) is 5.75 Å². The van der Waals surface area contributed by atoms with Gasteiger partial charge in [-0.2, -0.15) is 0 Å². The number of unbranched alkanes of at least 4 members (excludes halogenated alkanes) is 12. The van der Waals surface area contributed by atoms with Crippen LogP contribution >= 0.6 is 11.8 Å². The molecule has 2 heterocycles. The van der Waals surface area contributed by atoms with Crippen LogP contribution in [-0.4, -0.2) is 38.9 Å². The van der Waals surface area contributed by atoms with Gasteiger partial charge in [0.25, 0.3) is 0 Å². The summed E-state index contributed by atoms with van der Waals surface area (Å²) < 4.78 is 12.9. The maximum atomic E-state index is 12.5. The van der Waals surface area contributed by atoms with Gasteiger partial charge in [0.15, 0.2) is 6.29 Å². The molecule has 0 bridgehead atoms. The minimum atomic E-state index is -1.01. The second-order valence-electron chi connectivity index (χ2n) is 13.3. The van der Waals surface area contributed by atoms with Crippen LogP contribution in [0.5, 0.6) is 0 Å². The largest absolute Gasteiger partial charge is 0.478 e. The molecule has 9 heteroatoms. The molecule has 3 aromatic rings. The average Bonchev–Trinajstić information content (AvgIpc) is 3.15. The van der Waals surface area contributed by atoms with E-state index < -0.39 is 12.3 Å². The van der Waals surface area contributed by atoms with Gasteiger partial charge in [0.2, 0.25) is 5.91 Å². The first kappa shape index (κ1) is 39.5. The van der Waals surface area contributed by atoms with E-state index >= 15 is 0 Å². The van der Waals surface area contributed by atoms with Crippen LogP contribution in [0.15, 0.2) is 71.9 Å². The van der Waals surface area contributed by atoms with E-state index in [4.69, 9.17) is 9.47 Å². The summed E-state index contributed by atoms with van der Waals surface area (Å²) in [6.45, 7) is 2.71. The lowest BCUT2D eigenvalue weighted by molar-refractivity contribution is -0.245. The first-order valence-electron chi connectivity index (χ1n) is 18.6. The molecule has 2 aromatic carbocycles. The Balaban J connectivity index is 1.21. The Hall–Kier alpha value is -3.24. The first-order valence-corrected chi connectivity index (χ1v) is 19.6. The number of aromatic nitrogens is 1. The number of carboxylic acids is 1. The molecule has 3 atom stereocenters. The fourth-order valence-electron chi connectivity index (χ4n) is 6.25. The van der Waals surface area contributed by atoms with Gasteiger partial charge < -0.3 is 25.0 Å². The van der Waals surface area contributed by atoms with E-state index in [2.05, 4.69) is 17.2 Å². The zero-order valence-electron chi connectivity index (χ0n) is 29.7. The van der Waals surface area contributed by atoms with Crippen LogP contribution in [0.25, 0.3) is 0 Å². The number of carbonyl (C=O) groups is 2. The van der Waals surface area contributed by atoms with Crippen LogP contribution in [0.2, 0.25) is 0 Å². The molecule has 1 amide bonds. The van der Waals surface area contributed by atoms with Crippen molar-refractivity contribution in [1.29, 1.82) is 0 Å². The van der Waals surface area contributed by atoms with Gasteiger partial charge in [-0.25, -0.2) is 9.78 Å². The average molecular weight is 705 g/mol. The zero-order valence-corrected chi connectivity index (χ0v) is 30.5. The number of aromatic carboxylic acids is 1. The highest BCUT2D eigenvalue weighted by atomic mass is 32.2. The Morgan fingerprint density at radius 2 is 1.40 bits per heavy atom. The summed E-state index contributed by atoms with van der Waals surface area (Å²) in [4.78, 5) is 28.5. The van der Waals surface area contributed by atoms with Crippen molar-refractivity contribution in [3.63, 3.8) is 0 Å². The quantitative estimate of drug-likeness (QED) is 0.0660. The molecule has 0 saturated carbocycles. The van der Waals surface area contributed by atoms with E-state index in [-0.39, 0.29) is 30.3 Å². The SMILES string of the molecule is CCCCCCCCCCCCCCCC(=O)NCc1ccc(C2O[C@H](CSc3ncccc3C(=O)O)C[C@H](c3ccc(CO)cc3)O2)cc1. The minimum Gasteiger partial charge on any atom is -0.478 e. The number of aliphatic hydroxyl groups excluding tert-OH is 1. The summed E-state index contributed by atoms with van der Waals surface area (Å²) in [7, 11) is 0. The Labute approximate surface area is 302 Å². The summed E-state index contributed by atoms with van der Waals surface area (Å²) in [6, 6.07) is 18.8. The molecule has 1 fully saturated rings. The normalized spacial score (nSPS) is 17.4. The maximum absolute atomic E-state index is 12.5. The molecule has 272 valence electrons. The summed E-state index contributed by atoms with van der Waals surface area (Å²) in [5, 5.41) is 22.6. The molecular formula is C41H56N2O6S. The molecule has 1 aliphatic heterocycles. The van der Waals surface area contributed by atoms with Crippen LogP contribution < -0.4 is 5.32 Å². The fraction of sp³-hybridized carbons (Fsp3) is 0.537. The number of carbonyl (C=O) groups excluding carboxylic acids is 1. The highest BCUT2D eigenvalue weighted by Gasteiger charge is 2.32. The smallest absolute Gasteiger partial charge is 0.338 e. The topological polar surface area (TPSA) is 118 Å². The predicted molar refractivity (Wildman–Crippen MR) is 199 cm³/mol. The number of rotatable bonds is 23. The highest BCUT2D eigenvalue weighted by Crippen LogP contribution is 2.39. The van der Waals surface area contributed by atoms with E-state index in [0.717, 1.165) is 35.1 Å². The molecule has 8 nitrogen and oxygen atoms in total. The number of ether oxygens (including phenoxy) is 2. The first-order chi connectivity index (χ1) is 24.5. The molecule has 0 radical (unpaired) electrons. The van der Waals surface area contributed by atoms with Gasteiger partial charge in [-0.15, -0.1) is 11.8 Å². The van der Waals surface area contributed by atoms with Gasteiger partial charge in [-0.1, -0.05) is 133 Å². The molecule has 1 saturated heterocycles. The predicted octanol–water partition coefficient (Wildman–Crippen LogP) is 9.71. The molecule has 50 heavy (non-hydrogen) atoms. The van der Waals surface area contributed by atoms with Crippen molar-refractivity contribution in [1.82, 2.24) is 10.3 Å². The number of thioether (sulfide) groups is 1. The number of aliphatic hydroxyl groups is 1. The lowest BCUT2D eigenvalue weighted by Crippen LogP contribution is -2.31. The summed E-state index contributed by atoms with van der Waals surface area (Å²) in [5.74, 6) is -0.416. The molecule has 4 rings (SSSR count). The molecule has 0 aliphatic carbocycles. The van der Waals surface area contributed by atoms with Crippen molar-refractivity contribution < 1.29 is 29.3 Å². The third kappa shape index (κ3) is 13.8. The third-order valence-electron chi connectivity index (χ3n) is 9.27. The van der Waals surface area contributed by atoms with Gasteiger partial charge in [0, 0.05) is 36.9 Å². The second-order valence-corrected chi connectivity index (χ2v) is 14.3. The Kier molecular flexibility index (Phi) is 17.8. The summed E-state index contributed by atoms with van der Waals surface area (Å²) >= 11 is 1.36. The molecule has 0 spiro atoms. The van der Waals surface area contributed by atoms with Gasteiger partial charge in [0.05, 0.1) is 24.4 Å². The van der Waals surface area contributed by atoms with Crippen molar-refractivity contribution in [2.45, 2.75) is 140 Å². The molecular weight excluding hydrogens is 649 g/mol. The van der Waals surface area contributed by atoms with E-state index in [0.29, 0.717) is 30.2 Å². The van der Waals surface area contributed by atoms with E-state index in [1.54, 1.807) is 18.3 Å². The molecule has 3 N–H and O–H groups in total. The Morgan fingerprint density at radius 1 is 0.800 bits per heavy atom. The number of benzene rings is 2. The summed E-state index contributed by atoms with van der Waals surface area (Å²) in [5.41, 5.74) is 3.85. The van der Waals surface area contributed by atoms with Crippen LogP contribution in [0.4, 0.5) is 0 Å². The van der Waals surface area contributed by atoms with Crippen molar-refractivity contribution in [3.05, 3.63) is 94.7 Å². The van der Waals surface area contributed by atoms with Crippen LogP contribution in [0, 0.1) is 0 Å². The molecule has 1 unspecified atom stereocenters. The van der Waals surface area contributed by atoms with Gasteiger partial charge in [-0.3, -0.25) is 4.79 Å². The van der Waals surface area contributed by atoms with E-state index in [9.17, 15) is 19.8 Å². The van der Waals surface area contributed by atoms with Crippen LogP contribution in [0.1, 0.15) is 148 Å². The highest BCUT2D eigenvalue weighted by molar-refractivity contribution is 7.99. The standard InChI is InChI=1S/C41H56N2O6S/c1-2-3-4-5-6-7-8-9-10-11-12-13-14-17-38(45)43-28-31-18-24-34(25-19-31)41-48-35(30-50-39-36(40(46)47)16-15-26-42-39)27-37(49-41)33-22-20-32(29-44)21-23-33/h15-16,18-26,35,37,41,44H,2-14,17,27-30H2,1H3,(H,43,45)(H,46,47)/t35-,37+,41?/m0/s1. The van der Waals surface area contributed by atoms with Gasteiger partial charge in [-0.05, 0) is 35.2 Å². The molecule has 1 aromatic heterocycles. The van der Waals surface area contributed by atoms with Crippen molar-refractivity contribution >= 4 is 23.6 Å². The van der Waals surface area contributed by atoms with Crippen LogP contribution in [0.3, 0.4) is 0 Å². The number of nitrogens with one attached hydrogen (secondary N) is 1. The minimum absolute atomic E-state index is 0.0287. The summed E-state index contributed by atoms with van der Waals surface area (Å²) in [6.07, 6.45) is 18.4. The Bertz CT molecular complexity index is 1420. The second kappa shape index (κ2) is 22.6. The monoisotopic (exact) mass is 704 g/mol. The number of hydrogen-bond acceptors (Lipinski definition) is 7. The third-order valence-corrected chi connectivity index (χ3v) is 10.4. The van der Waals surface area contributed by atoms with E-state index in [1.807, 2.05) is 48.5 Å². The maximum Gasteiger partial charge on any atom is 0.338 e. The lowest BCUT2D eigenvalue weighted by atomic mass is 10.0. The zero-order chi connectivity index (χ0) is 35.4. The van der Waals surface area contributed by atoms with E-state index in [1.165, 1.54) is 82.4 Å². The van der Waals surface area contributed by atoms with Gasteiger partial charge in [0.1, 0.15) is 5.03 Å². The van der Waals surface area contributed by atoms with Gasteiger partial charge >= 0.3 is 5.97 Å². The van der Waals surface area contributed by atoms with Crippen molar-refractivity contribution in [3.8, 4) is 0 Å². The lowest BCUT2D eigenvalue weighted by Gasteiger charge is -2.36. The number of carboxylic acid groups (broad SMARTS) is 1. The number of nitrogens with zero attached hydrogens (tertiary/aromatic N) is 1. The Morgan fingerprint density at radius 3 is 2.02 bits per heavy atom. The number of amides is 1. The van der Waals surface area contributed by atoms with Crippen LogP contribution in [-0.2, 0) is 27.4 Å².